The average Bonchev–Trinajstić information content (AvgIpc) is 2.63. The zero-order valence-corrected chi connectivity index (χ0v) is 12.2. The van der Waals surface area contributed by atoms with E-state index < -0.39 is 0 Å². The quantitative estimate of drug-likeness (QED) is 0.902. The first-order valence-electron chi connectivity index (χ1n) is 5.21. The number of hydrogen-bond donors (Lipinski definition) is 1. The summed E-state index contributed by atoms with van der Waals surface area (Å²) in [6.45, 7) is 2.44. The molecular formula is C11H15BrN2O2S. The molecule has 0 atom stereocenters. The van der Waals surface area contributed by atoms with Crippen molar-refractivity contribution in [1.82, 2.24) is 10.2 Å². The fourth-order valence-corrected chi connectivity index (χ4v) is 2.83. The van der Waals surface area contributed by atoms with Gasteiger partial charge in [-0.15, -0.1) is 11.3 Å². The van der Waals surface area contributed by atoms with Gasteiger partial charge in [0.2, 0.25) is 11.8 Å². The van der Waals surface area contributed by atoms with E-state index >= 15 is 0 Å². The molecule has 0 unspecified atom stereocenters. The Hall–Kier alpha value is -0.880. The van der Waals surface area contributed by atoms with Crippen LogP contribution in [0.2, 0.25) is 0 Å². The highest BCUT2D eigenvalue weighted by Gasteiger charge is 2.10. The minimum atomic E-state index is -0.109. The zero-order chi connectivity index (χ0) is 12.8. The van der Waals surface area contributed by atoms with Gasteiger partial charge in [-0.2, -0.15) is 0 Å². The predicted molar refractivity (Wildman–Crippen MR) is 71.8 cm³/mol. The molecule has 0 radical (unpaired) electrons. The van der Waals surface area contributed by atoms with E-state index in [9.17, 15) is 9.59 Å². The van der Waals surface area contributed by atoms with E-state index in [0.717, 1.165) is 8.66 Å². The van der Waals surface area contributed by atoms with Crippen LogP contribution >= 0.6 is 27.3 Å². The second kappa shape index (κ2) is 6.76. The summed E-state index contributed by atoms with van der Waals surface area (Å²) in [5, 5.41) is 2.61. The van der Waals surface area contributed by atoms with Gasteiger partial charge >= 0.3 is 0 Å². The van der Waals surface area contributed by atoms with Crippen molar-refractivity contribution < 1.29 is 9.59 Å². The molecule has 4 nitrogen and oxygen atoms in total. The molecule has 1 N–H and O–H groups in total. The van der Waals surface area contributed by atoms with Gasteiger partial charge in [0.15, 0.2) is 0 Å². The van der Waals surface area contributed by atoms with Crippen molar-refractivity contribution in [3.8, 4) is 0 Å². The summed E-state index contributed by atoms with van der Waals surface area (Å²) in [6.07, 6.45) is 0.336. The number of thiophene rings is 1. The molecule has 6 heteroatoms. The molecule has 1 aromatic rings. The Bertz CT molecular complexity index is 406. The summed E-state index contributed by atoms with van der Waals surface area (Å²) in [7, 11) is 1.77. The topological polar surface area (TPSA) is 49.4 Å². The Labute approximate surface area is 113 Å². The largest absolute Gasteiger partial charge is 0.356 e. The van der Waals surface area contributed by atoms with E-state index in [1.165, 1.54) is 6.92 Å². The molecule has 0 aliphatic heterocycles. The zero-order valence-electron chi connectivity index (χ0n) is 9.83. The predicted octanol–water partition coefficient (Wildman–Crippen LogP) is 2.00. The van der Waals surface area contributed by atoms with Crippen LogP contribution in [-0.4, -0.2) is 30.3 Å². The lowest BCUT2D eigenvalue weighted by molar-refractivity contribution is -0.130. The summed E-state index contributed by atoms with van der Waals surface area (Å²) in [5.74, 6) is -0.0779. The first kappa shape index (κ1) is 14.2. The molecule has 17 heavy (non-hydrogen) atoms. The summed E-state index contributed by atoms with van der Waals surface area (Å²) in [5.41, 5.74) is 0. The Morgan fingerprint density at radius 1 is 1.47 bits per heavy atom. The van der Waals surface area contributed by atoms with Crippen LogP contribution in [0.5, 0.6) is 0 Å². The average molecular weight is 319 g/mol. The van der Waals surface area contributed by atoms with Gasteiger partial charge in [-0.3, -0.25) is 9.59 Å². The molecule has 2 amide bonds. The molecule has 0 saturated heterocycles. The van der Waals surface area contributed by atoms with Gasteiger partial charge in [-0.25, -0.2) is 0 Å². The highest BCUT2D eigenvalue weighted by Crippen LogP contribution is 2.22. The van der Waals surface area contributed by atoms with Crippen molar-refractivity contribution in [2.45, 2.75) is 19.9 Å². The third-order valence-corrected chi connectivity index (χ3v) is 3.77. The third-order valence-electron chi connectivity index (χ3n) is 2.16. The minimum Gasteiger partial charge on any atom is -0.356 e. The Morgan fingerprint density at radius 3 is 2.71 bits per heavy atom. The van der Waals surface area contributed by atoms with E-state index in [0.29, 0.717) is 19.5 Å². The standard InChI is InChI=1S/C11H15BrN2O2S/c1-8(15)13-6-5-11(16)14(2)7-9-3-4-10(12)17-9/h3-4H,5-7H2,1-2H3,(H,13,15). The van der Waals surface area contributed by atoms with Crippen molar-refractivity contribution in [2.24, 2.45) is 0 Å². The van der Waals surface area contributed by atoms with Crippen molar-refractivity contribution in [3.63, 3.8) is 0 Å². The van der Waals surface area contributed by atoms with Gasteiger partial charge in [-0.1, -0.05) is 0 Å². The van der Waals surface area contributed by atoms with E-state index in [2.05, 4.69) is 21.2 Å². The number of carbonyl (C=O) groups excluding carboxylic acids is 2. The van der Waals surface area contributed by atoms with Crippen LogP contribution < -0.4 is 5.32 Å². The van der Waals surface area contributed by atoms with Gasteiger partial charge in [0, 0.05) is 31.8 Å². The highest BCUT2D eigenvalue weighted by atomic mass is 79.9. The lowest BCUT2D eigenvalue weighted by atomic mass is 10.3. The van der Waals surface area contributed by atoms with E-state index in [-0.39, 0.29) is 11.8 Å². The summed E-state index contributed by atoms with van der Waals surface area (Å²) < 4.78 is 1.06. The molecule has 0 fully saturated rings. The summed E-state index contributed by atoms with van der Waals surface area (Å²) >= 11 is 5.00. The van der Waals surface area contributed by atoms with Gasteiger partial charge in [0.1, 0.15) is 0 Å². The minimum absolute atomic E-state index is 0.0308. The number of hydrogen-bond acceptors (Lipinski definition) is 3. The summed E-state index contributed by atoms with van der Waals surface area (Å²) in [4.78, 5) is 25.2. The van der Waals surface area contributed by atoms with Crippen LogP contribution in [0.25, 0.3) is 0 Å². The maximum Gasteiger partial charge on any atom is 0.224 e. The number of amides is 2. The molecule has 1 heterocycles. The monoisotopic (exact) mass is 318 g/mol. The fourth-order valence-electron chi connectivity index (χ4n) is 1.29. The molecule has 0 spiro atoms. The number of halogens is 1. The first-order chi connectivity index (χ1) is 7.99. The third kappa shape index (κ3) is 5.32. The normalized spacial score (nSPS) is 10.1. The van der Waals surface area contributed by atoms with Crippen molar-refractivity contribution in [2.75, 3.05) is 13.6 Å². The van der Waals surface area contributed by atoms with E-state index in [1.807, 2.05) is 12.1 Å². The lowest BCUT2D eigenvalue weighted by Crippen LogP contribution is -2.30. The number of nitrogens with zero attached hydrogens (tertiary/aromatic N) is 1. The van der Waals surface area contributed by atoms with Crippen LogP contribution in [0, 0.1) is 0 Å². The maximum atomic E-state index is 11.7. The SMILES string of the molecule is CC(=O)NCCC(=O)N(C)Cc1ccc(Br)s1. The molecule has 1 aromatic heterocycles. The lowest BCUT2D eigenvalue weighted by Gasteiger charge is -2.16. The molecule has 1 rings (SSSR count). The van der Waals surface area contributed by atoms with E-state index in [1.54, 1.807) is 23.3 Å². The van der Waals surface area contributed by atoms with Crippen molar-refractivity contribution >= 4 is 39.1 Å². The molecule has 0 bridgehead atoms. The Morgan fingerprint density at radius 2 is 2.18 bits per heavy atom. The van der Waals surface area contributed by atoms with Gasteiger partial charge in [0.05, 0.1) is 10.3 Å². The Balaban J connectivity index is 2.34. The molecule has 0 aliphatic carbocycles. The fraction of sp³-hybridized carbons (Fsp3) is 0.455. The number of nitrogens with one attached hydrogen (secondary N) is 1. The highest BCUT2D eigenvalue weighted by molar-refractivity contribution is 9.11. The van der Waals surface area contributed by atoms with Gasteiger partial charge in [-0.05, 0) is 28.1 Å². The second-order valence-electron chi connectivity index (χ2n) is 3.69. The van der Waals surface area contributed by atoms with E-state index in [4.69, 9.17) is 0 Å². The molecule has 0 aromatic carbocycles. The molecular weight excluding hydrogens is 304 g/mol. The van der Waals surface area contributed by atoms with Crippen LogP contribution in [0.1, 0.15) is 18.2 Å². The molecule has 0 saturated carbocycles. The maximum absolute atomic E-state index is 11.7. The van der Waals surface area contributed by atoms with Crippen molar-refractivity contribution in [3.05, 3.63) is 20.8 Å². The second-order valence-corrected chi connectivity index (χ2v) is 6.24. The smallest absolute Gasteiger partial charge is 0.224 e. The Kier molecular flexibility index (Phi) is 5.64. The van der Waals surface area contributed by atoms with Crippen molar-refractivity contribution in [1.29, 1.82) is 0 Å². The summed E-state index contributed by atoms with van der Waals surface area (Å²) in [6, 6.07) is 3.96. The molecule has 0 aliphatic rings. The molecule has 94 valence electrons. The van der Waals surface area contributed by atoms with Crippen LogP contribution in [0.15, 0.2) is 15.9 Å². The van der Waals surface area contributed by atoms with Gasteiger partial charge < -0.3 is 10.2 Å². The van der Waals surface area contributed by atoms with Crippen LogP contribution in [0.4, 0.5) is 0 Å². The van der Waals surface area contributed by atoms with Gasteiger partial charge in [0.25, 0.3) is 0 Å². The number of carbonyl (C=O) groups is 2. The van der Waals surface area contributed by atoms with Crippen LogP contribution in [-0.2, 0) is 16.1 Å². The van der Waals surface area contributed by atoms with Crippen LogP contribution in [0.3, 0.4) is 0 Å². The first-order valence-corrected chi connectivity index (χ1v) is 6.82. The number of rotatable bonds is 5.